The highest BCUT2D eigenvalue weighted by Crippen LogP contribution is 2.40. The van der Waals surface area contributed by atoms with Gasteiger partial charge in [0.15, 0.2) is 0 Å². The summed E-state index contributed by atoms with van der Waals surface area (Å²) in [5, 5.41) is 5.89. The number of carbonyl (C=O) groups is 3. The molecule has 1 unspecified atom stereocenters. The highest BCUT2D eigenvalue weighted by Gasteiger charge is 2.37. The second-order valence-corrected chi connectivity index (χ2v) is 13.4. The van der Waals surface area contributed by atoms with Gasteiger partial charge in [0.05, 0.1) is 5.02 Å². The average Bonchev–Trinajstić information content (AvgIpc) is 3.37. The van der Waals surface area contributed by atoms with Gasteiger partial charge in [-0.15, -0.1) is 0 Å². The van der Waals surface area contributed by atoms with E-state index in [-0.39, 0.29) is 29.9 Å². The Balaban J connectivity index is 1.12. The molecule has 230 valence electrons. The lowest BCUT2D eigenvalue weighted by molar-refractivity contribution is -0.116. The van der Waals surface area contributed by atoms with Crippen molar-refractivity contribution in [3.8, 4) is 16.9 Å². The molecular weight excluding hydrogens is 580 g/mol. The van der Waals surface area contributed by atoms with Gasteiger partial charge in [0, 0.05) is 49.5 Å². The predicted octanol–water partition coefficient (Wildman–Crippen LogP) is 6.41. The summed E-state index contributed by atoms with van der Waals surface area (Å²) >= 11 is 6.59. The van der Waals surface area contributed by atoms with Crippen LogP contribution in [0.4, 0.5) is 10.6 Å². The highest BCUT2D eigenvalue weighted by atomic mass is 35.5. The number of aromatic nitrogens is 1. The minimum Gasteiger partial charge on any atom is -0.484 e. The Hall–Kier alpha value is -4.37. The van der Waals surface area contributed by atoms with Crippen LogP contribution in [0.2, 0.25) is 5.02 Å². The smallest absolute Gasteiger partial charge is 0.413 e. The van der Waals surface area contributed by atoms with Crippen LogP contribution in [0.3, 0.4) is 0 Å². The molecule has 2 aliphatic rings. The Morgan fingerprint density at radius 2 is 1.82 bits per heavy atom. The fourth-order valence-corrected chi connectivity index (χ4v) is 5.47. The van der Waals surface area contributed by atoms with Gasteiger partial charge in [-0.05, 0) is 79.3 Å². The molecule has 0 bridgehead atoms. The molecule has 1 atom stereocenters. The summed E-state index contributed by atoms with van der Waals surface area (Å²) in [6, 6.07) is 14.9. The van der Waals surface area contributed by atoms with E-state index in [1.165, 1.54) is 6.08 Å². The normalized spacial score (nSPS) is 17.0. The van der Waals surface area contributed by atoms with Gasteiger partial charge in [-0.2, -0.15) is 0 Å². The molecule has 2 aliphatic heterocycles. The van der Waals surface area contributed by atoms with Crippen molar-refractivity contribution in [1.29, 1.82) is 0 Å². The first-order chi connectivity index (χ1) is 20.7. The molecule has 5 rings (SSSR count). The number of fused-ring (bicyclic) bond motifs is 1. The van der Waals surface area contributed by atoms with Gasteiger partial charge >= 0.3 is 6.09 Å². The largest absolute Gasteiger partial charge is 0.484 e. The molecule has 0 spiro atoms. The van der Waals surface area contributed by atoms with E-state index >= 15 is 0 Å². The van der Waals surface area contributed by atoms with Crippen molar-refractivity contribution in [2.45, 2.75) is 59.3 Å². The van der Waals surface area contributed by atoms with Crippen LogP contribution in [0.1, 0.15) is 56.1 Å². The molecule has 1 fully saturated rings. The molecule has 9 nitrogen and oxygen atoms in total. The number of rotatable bonds is 7. The van der Waals surface area contributed by atoms with Gasteiger partial charge in [-0.1, -0.05) is 43.6 Å². The molecule has 0 radical (unpaired) electrons. The van der Waals surface area contributed by atoms with Gasteiger partial charge in [0.1, 0.15) is 23.3 Å². The Labute approximate surface area is 262 Å². The van der Waals surface area contributed by atoms with Gasteiger partial charge in [0.25, 0.3) is 5.91 Å². The maximum Gasteiger partial charge on any atom is 0.413 e. The number of ether oxygens (including phenoxy) is 2. The van der Waals surface area contributed by atoms with Gasteiger partial charge in [-0.3, -0.25) is 14.9 Å². The zero-order valence-electron chi connectivity index (χ0n) is 25.6. The van der Waals surface area contributed by atoms with E-state index in [1.54, 1.807) is 45.2 Å². The Morgan fingerprint density at radius 1 is 1.09 bits per heavy atom. The van der Waals surface area contributed by atoms with Crippen LogP contribution in [0, 0.1) is 5.41 Å². The molecule has 44 heavy (non-hydrogen) atoms. The van der Waals surface area contributed by atoms with E-state index in [0.29, 0.717) is 28.6 Å². The Kier molecular flexibility index (Phi) is 8.70. The van der Waals surface area contributed by atoms with Crippen molar-refractivity contribution in [2.24, 2.45) is 5.41 Å². The first-order valence-corrected chi connectivity index (χ1v) is 14.9. The van der Waals surface area contributed by atoms with Crippen molar-refractivity contribution in [1.82, 2.24) is 15.2 Å². The fourth-order valence-electron chi connectivity index (χ4n) is 5.19. The molecule has 1 aromatic heterocycles. The third-order valence-corrected chi connectivity index (χ3v) is 7.46. The molecule has 3 aromatic rings. The molecule has 1 saturated heterocycles. The zero-order chi connectivity index (χ0) is 31.6. The summed E-state index contributed by atoms with van der Waals surface area (Å²) in [5.74, 6) is 0.747. The number of benzene rings is 2. The van der Waals surface area contributed by atoms with Crippen molar-refractivity contribution in [2.75, 3.05) is 18.4 Å². The lowest BCUT2D eigenvalue weighted by atomic mass is 9.84. The van der Waals surface area contributed by atoms with Gasteiger partial charge in [0.2, 0.25) is 5.91 Å². The molecule has 10 heteroatoms. The number of nitrogens with one attached hydrogen (secondary N) is 2. The minimum atomic E-state index is -0.606. The number of hydrogen-bond donors (Lipinski definition) is 2. The fraction of sp³-hybridized carbons (Fsp3) is 0.353. The molecule has 3 amide bonds. The van der Waals surface area contributed by atoms with Crippen molar-refractivity contribution >= 4 is 35.3 Å². The lowest BCUT2D eigenvalue weighted by Gasteiger charge is -2.45. The first-order valence-electron chi connectivity index (χ1n) is 14.5. The van der Waals surface area contributed by atoms with E-state index in [9.17, 15) is 14.4 Å². The predicted molar refractivity (Wildman–Crippen MR) is 170 cm³/mol. The summed E-state index contributed by atoms with van der Waals surface area (Å²) in [7, 11) is 0. The Bertz CT molecular complexity index is 1590. The van der Waals surface area contributed by atoms with Crippen LogP contribution in [-0.4, -0.2) is 52.6 Å². The summed E-state index contributed by atoms with van der Waals surface area (Å²) < 4.78 is 11.2. The number of nitrogens with zero attached hydrogens (tertiary/aromatic N) is 2. The zero-order valence-corrected chi connectivity index (χ0v) is 26.3. The number of anilines is 1. The number of carbonyl (C=O) groups excluding carboxylic acids is 3. The number of hydrogen-bond acceptors (Lipinski definition) is 6. The standard InChI is InChI=1S/C34H37ClN4O5/c1-33(2,3)44-32(42)38-28-12-6-21(17-36-28)18-37-29(40)13-11-26-15-25-14-24(16-27(35)30(25)43-26)22-7-9-23(10-8-22)31(41)39-19-34(4,5)20-39/h6-14,16-17,26H,15,18-20H2,1-5H3,(H,37,40)(H,36,38,42)/b13-11+. The van der Waals surface area contributed by atoms with E-state index in [1.807, 2.05) is 41.3 Å². The molecule has 3 heterocycles. The van der Waals surface area contributed by atoms with E-state index in [2.05, 4.69) is 29.5 Å². The highest BCUT2D eigenvalue weighted by molar-refractivity contribution is 6.32. The third-order valence-electron chi connectivity index (χ3n) is 7.18. The van der Waals surface area contributed by atoms with Crippen LogP contribution in [0.15, 0.2) is 66.9 Å². The Morgan fingerprint density at radius 3 is 2.45 bits per heavy atom. The molecule has 2 N–H and O–H groups in total. The number of pyridine rings is 1. The third kappa shape index (κ3) is 7.77. The number of halogens is 1. The van der Waals surface area contributed by atoms with Crippen LogP contribution in [-0.2, 0) is 22.5 Å². The summed E-state index contributed by atoms with van der Waals surface area (Å²) in [5.41, 5.74) is 3.87. The first kappa shape index (κ1) is 31.1. The topological polar surface area (TPSA) is 110 Å². The summed E-state index contributed by atoms with van der Waals surface area (Å²) in [6.07, 6.45) is 4.40. The SMILES string of the molecule is CC1(C)CN(C(=O)c2ccc(-c3cc(Cl)c4c(c3)CC(/C=C/C(=O)NCc3ccc(NC(=O)OC(C)(C)C)nc3)O4)cc2)C1. The molecule has 0 saturated carbocycles. The van der Waals surface area contributed by atoms with Crippen LogP contribution >= 0.6 is 11.6 Å². The monoisotopic (exact) mass is 616 g/mol. The summed E-state index contributed by atoms with van der Waals surface area (Å²) in [4.78, 5) is 43.2. The van der Waals surface area contributed by atoms with Crippen molar-refractivity contribution in [3.05, 3.63) is 88.6 Å². The maximum absolute atomic E-state index is 12.7. The lowest BCUT2D eigenvalue weighted by Crippen LogP contribution is -2.55. The van der Waals surface area contributed by atoms with Crippen LogP contribution < -0.4 is 15.4 Å². The molecule has 0 aliphatic carbocycles. The van der Waals surface area contributed by atoms with Crippen LogP contribution in [0.5, 0.6) is 5.75 Å². The van der Waals surface area contributed by atoms with Crippen LogP contribution in [0.25, 0.3) is 11.1 Å². The van der Waals surface area contributed by atoms with Gasteiger partial charge in [-0.25, -0.2) is 9.78 Å². The molecular formula is C34H37ClN4O5. The van der Waals surface area contributed by atoms with Gasteiger partial charge < -0.3 is 19.7 Å². The second kappa shape index (κ2) is 12.3. The summed E-state index contributed by atoms with van der Waals surface area (Å²) in [6.45, 7) is 11.5. The van der Waals surface area contributed by atoms with E-state index in [4.69, 9.17) is 21.1 Å². The van der Waals surface area contributed by atoms with Crippen molar-refractivity contribution in [3.63, 3.8) is 0 Å². The number of likely N-dealkylation sites (tertiary alicyclic amines) is 1. The second-order valence-electron chi connectivity index (χ2n) is 13.0. The average molecular weight is 617 g/mol. The van der Waals surface area contributed by atoms with E-state index in [0.717, 1.165) is 35.3 Å². The maximum atomic E-state index is 12.7. The molecule has 2 aromatic carbocycles. The minimum absolute atomic E-state index is 0.0529. The quantitative estimate of drug-likeness (QED) is 0.297. The number of amides is 3. The van der Waals surface area contributed by atoms with Crippen molar-refractivity contribution < 1.29 is 23.9 Å². The van der Waals surface area contributed by atoms with E-state index < -0.39 is 11.7 Å².